The molecule has 1 heterocycles. The Morgan fingerprint density at radius 3 is 2.36 bits per heavy atom. The van der Waals surface area contributed by atoms with Crippen molar-refractivity contribution in [2.45, 2.75) is 46.6 Å². The average molecular weight is 192 g/mol. The molecule has 0 atom stereocenters. The smallest absolute Gasteiger partial charge is 0.126 e. The van der Waals surface area contributed by atoms with Gasteiger partial charge in [0.2, 0.25) is 0 Å². The van der Waals surface area contributed by atoms with Crippen LogP contribution in [0.1, 0.15) is 37.9 Å². The maximum absolute atomic E-state index is 4.46. The number of rotatable bonds is 4. The minimum atomic E-state index is 0.545. The lowest BCUT2D eigenvalue weighted by Crippen LogP contribution is -2.18. The van der Waals surface area contributed by atoms with Crippen LogP contribution in [-0.2, 0) is 0 Å². The zero-order valence-corrected chi connectivity index (χ0v) is 9.59. The Balaban J connectivity index is 2.75. The molecule has 78 valence electrons. The van der Waals surface area contributed by atoms with E-state index in [1.165, 1.54) is 5.56 Å². The number of aryl methyl sites for hydroxylation is 2. The van der Waals surface area contributed by atoms with Crippen molar-refractivity contribution in [3.05, 3.63) is 23.4 Å². The summed E-state index contributed by atoms with van der Waals surface area (Å²) in [5.74, 6) is 1.01. The van der Waals surface area contributed by atoms with Gasteiger partial charge in [-0.3, -0.25) is 0 Å². The normalized spacial score (nSPS) is 10.6. The quantitative estimate of drug-likeness (QED) is 0.791. The number of hydrogen-bond donors (Lipinski definition) is 1. The van der Waals surface area contributed by atoms with Gasteiger partial charge < -0.3 is 5.32 Å². The molecule has 14 heavy (non-hydrogen) atoms. The summed E-state index contributed by atoms with van der Waals surface area (Å²) in [5, 5.41) is 3.45. The van der Waals surface area contributed by atoms with Crippen LogP contribution in [-0.4, -0.2) is 11.0 Å². The minimum Gasteiger partial charge on any atom is -0.367 e. The van der Waals surface area contributed by atoms with Gasteiger partial charge in [-0.05, 0) is 44.4 Å². The molecule has 0 unspecified atom stereocenters. The summed E-state index contributed by atoms with van der Waals surface area (Å²) >= 11 is 0. The van der Waals surface area contributed by atoms with E-state index < -0.39 is 0 Å². The van der Waals surface area contributed by atoms with Gasteiger partial charge in [0, 0.05) is 11.7 Å². The SMILES string of the molecule is CCC(CC)Nc1cc(C)cc(C)n1. The maximum Gasteiger partial charge on any atom is 0.126 e. The minimum absolute atomic E-state index is 0.545. The zero-order chi connectivity index (χ0) is 10.6. The van der Waals surface area contributed by atoms with Gasteiger partial charge in [0.25, 0.3) is 0 Å². The van der Waals surface area contributed by atoms with Crippen molar-refractivity contribution in [1.82, 2.24) is 4.98 Å². The summed E-state index contributed by atoms with van der Waals surface area (Å²) in [6, 6.07) is 4.74. The van der Waals surface area contributed by atoms with E-state index in [1.807, 2.05) is 6.92 Å². The highest BCUT2D eigenvalue weighted by atomic mass is 15.0. The van der Waals surface area contributed by atoms with E-state index in [-0.39, 0.29) is 0 Å². The first-order chi connectivity index (χ1) is 6.65. The fourth-order valence-electron chi connectivity index (χ4n) is 1.62. The Labute approximate surface area is 86.8 Å². The molecule has 1 rings (SSSR count). The summed E-state index contributed by atoms with van der Waals surface area (Å²) in [7, 11) is 0. The van der Waals surface area contributed by atoms with Crippen LogP contribution in [0.25, 0.3) is 0 Å². The number of anilines is 1. The fourth-order valence-corrected chi connectivity index (χ4v) is 1.62. The van der Waals surface area contributed by atoms with Gasteiger partial charge in [-0.15, -0.1) is 0 Å². The van der Waals surface area contributed by atoms with Crippen LogP contribution in [0.3, 0.4) is 0 Å². The number of nitrogens with one attached hydrogen (secondary N) is 1. The highest BCUT2D eigenvalue weighted by molar-refractivity contribution is 5.39. The monoisotopic (exact) mass is 192 g/mol. The third-order valence-corrected chi connectivity index (χ3v) is 2.44. The van der Waals surface area contributed by atoms with Crippen LogP contribution in [0.5, 0.6) is 0 Å². The van der Waals surface area contributed by atoms with E-state index in [0.717, 1.165) is 24.4 Å². The zero-order valence-electron chi connectivity index (χ0n) is 9.59. The molecule has 0 radical (unpaired) electrons. The van der Waals surface area contributed by atoms with Gasteiger partial charge in [0.1, 0.15) is 5.82 Å². The summed E-state index contributed by atoms with van der Waals surface area (Å²) < 4.78 is 0. The first kappa shape index (κ1) is 11.0. The molecule has 0 aliphatic heterocycles. The van der Waals surface area contributed by atoms with Gasteiger partial charge in [-0.2, -0.15) is 0 Å². The van der Waals surface area contributed by atoms with E-state index >= 15 is 0 Å². The standard InChI is InChI=1S/C12H20N2/c1-5-11(6-2)14-12-8-9(3)7-10(4)13-12/h7-8,11H,5-6H2,1-4H3,(H,13,14). The van der Waals surface area contributed by atoms with Crippen molar-refractivity contribution in [3.8, 4) is 0 Å². The second kappa shape index (κ2) is 4.99. The van der Waals surface area contributed by atoms with Crippen LogP contribution in [0, 0.1) is 13.8 Å². The molecule has 0 aliphatic rings. The molecule has 0 fully saturated rings. The highest BCUT2D eigenvalue weighted by Gasteiger charge is 2.04. The van der Waals surface area contributed by atoms with E-state index in [1.54, 1.807) is 0 Å². The third-order valence-electron chi connectivity index (χ3n) is 2.44. The van der Waals surface area contributed by atoms with Crippen molar-refractivity contribution < 1.29 is 0 Å². The average Bonchev–Trinajstić information content (AvgIpc) is 2.12. The fraction of sp³-hybridized carbons (Fsp3) is 0.583. The predicted molar refractivity (Wildman–Crippen MR) is 61.7 cm³/mol. The lowest BCUT2D eigenvalue weighted by Gasteiger charge is -2.16. The molecular formula is C12H20N2. The molecule has 0 amide bonds. The Hall–Kier alpha value is -1.05. The second-order valence-corrected chi connectivity index (χ2v) is 3.83. The number of hydrogen-bond acceptors (Lipinski definition) is 2. The number of nitrogens with zero attached hydrogens (tertiary/aromatic N) is 1. The Morgan fingerprint density at radius 1 is 1.21 bits per heavy atom. The van der Waals surface area contributed by atoms with Crippen LogP contribution in [0.4, 0.5) is 5.82 Å². The Morgan fingerprint density at radius 2 is 1.86 bits per heavy atom. The topological polar surface area (TPSA) is 24.9 Å². The van der Waals surface area contributed by atoms with Crippen molar-refractivity contribution in [2.24, 2.45) is 0 Å². The molecule has 1 N–H and O–H groups in total. The molecule has 0 bridgehead atoms. The van der Waals surface area contributed by atoms with Crippen LogP contribution in [0.2, 0.25) is 0 Å². The lowest BCUT2D eigenvalue weighted by molar-refractivity contribution is 0.668. The summed E-state index contributed by atoms with van der Waals surface area (Å²) in [4.78, 5) is 4.46. The first-order valence-corrected chi connectivity index (χ1v) is 5.37. The van der Waals surface area contributed by atoms with Crippen LogP contribution in [0.15, 0.2) is 12.1 Å². The molecule has 1 aromatic heterocycles. The van der Waals surface area contributed by atoms with Crippen LogP contribution < -0.4 is 5.32 Å². The molecule has 2 nitrogen and oxygen atoms in total. The Bertz CT molecular complexity index is 270. The van der Waals surface area contributed by atoms with Crippen molar-refractivity contribution in [2.75, 3.05) is 5.32 Å². The highest BCUT2D eigenvalue weighted by Crippen LogP contribution is 2.12. The first-order valence-electron chi connectivity index (χ1n) is 5.37. The largest absolute Gasteiger partial charge is 0.367 e. The van der Waals surface area contributed by atoms with Crippen molar-refractivity contribution in [1.29, 1.82) is 0 Å². The van der Waals surface area contributed by atoms with E-state index in [4.69, 9.17) is 0 Å². The predicted octanol–water partition coefficient (Wildman–Crippen LogP) is 3.30. The second-order valence-electron chi connectivity index (χ2n) is 3.83. The van der Waals surface area contributed by atoms with E-state index in [9.17, 15) is 0 Å². The number of pyridine rings is 1. The number of aromatic nitrogens is 1. The molecule has 2 heteroatoms. The summed E-state index contributed by atoms with van der Waals surface area (Å²) in [5.41, 5.74) is 2.35. The van der Waals surface area contributed by atoms with Gasteiger partial charge >= 0.3 is 0 Å². The van der Waals surface area contributed by atoms with Gasteiger partial charge in [-0.25, -0.2) is 4.98 Å². The van der Waals surface area contributed by atoms with Gasteiger partial charge in [0.05, 0.1) is 0 Å². The maximum atomic E-state index is 4.46. The van der Waals surface area contributed by atoms with Gasteiger partial charge in [0.15, 0.2) is 0 Å². The van der Waals surface area contributed by atoms with Gasteiger partial charge in [-0.1, -0.05) is 13.8 Å². The summed E-state index contributed by atoms with van der Waals surface area (Å²) in [6.45, 7) is 8.53. The molecule has 1 aromatic rings. The molecule has 0 spiro atoms. The molecule has 0 aliphatic carbocycles. The van der Waals surface area contributed by atoms with Crippen LogP contribution >= 0.6 is 0 Å². The molecular weight excluding hydrogens is 172 g/mol. The molecule has 0 saturated heterocycles. The van der Waals surface area contributed by atoms with E-state index in [0.29, 0.717) is 6.04 Å². The molecule has 0 aromatic carbocycles. The Kier molecular flexibility index (Phi) is 3.93. The summed E-state index contributed by atoms with van der Waals surface area (Å²) in [6.07, 6.45) is 2.29. The molecule has 0 saturated carbocycles. The lowest BCUT2D eigenvalue weighted by atomic mass is 10.1. The van der Waals surface area contributed by atoms with E-state index in [2.05, 4.69) is 43.2 Å². The third kappa shape index (κ3) is 3.02. The van der Waals surface area contributed by atoms with Crippen molar-refractivity contribution in [3.63, 3.8) is 0 Å². The van der Waals surface area contributed by atoms with Crippen molar-refractivity contribution >= 4 is 5.82 Å².